The third-order valence-electron chi connectivity index (χ3n) is 0.535. The summed E-state index contributed by atoms with van der Waals surface area (Å²) in [7, 11) is 0. The van der Waals surface area contributed by atoms with Crippen LogP contribution in [0.5, 0.6) is 0 Å². The van der Waals surface area contributed by atoms with Gasteiger partial charge >= 0.3 is 0 Å². The van der Waals surface area contributed by atoms with Crippen molar-refractivity contribution in [2.75, 3.05) is 0 Å². The highest BCUT2D eigenvalue weighted by molar-refractivity contribution is 4.59. The standard InChI is InChI=1S/C3H5N2O6/c1-3(2,10-4(6)7)11-5(8)9/h1H2,2H3. The number of nitrogens with zero attached hydrogens (tertiary/aromatic N) is 2. The normalized spacial score (nSPS) is 10.4. The average molecular weight is 165 g/mol. The van der Waals surface area contributed by atoms with Crippen molar-refractivity contribution in [2.45, 2.75) is 12.7 Å². The van der Waals surface area contributed by atoms with E-state index in [2.05, 4.69) is 16.6 Å². The van der Waals surface area contributed by atoms with Crippen molar-refractivity contribution in [1.82, 2.24) is 0 Å². The van der Waals surface area contributed by atoms with Gasteiger partial charge in [0.15, 0.2) is 0 Å². The Labute approximate surface area is 60.9 Å². The van der Waals surface area contributed by atoms with E-state index in [1.165, 1.54) is 0 Å². The molecule has 11 heavy (non-hydrogen) atoms. The molecule has 0 unspecified atom stereocenters. The topological polar surface area (TPSA) is 105 Å². The largest absolute Gasteiger partial charge is 0.297 e. The molecule has 0 fully saturated rings. The highest BCUT2D eigenvalue weighted by atomic mass is 17.1. The van der Waals surface area contributed by atoms with Gasteiger partial charge in [-0.1, -0.05) is 0 Å². The van der Waals surface area contributed by atoms with E-state index in [1.54, 1.807) is 0 Å². The predicted octanol–water partition coefficient (Wildman–Crippen LogP) is -0.0467. The van der Waals surface area contributed by atoms with Crippen LogP contribution in [0.25, 0.3) is 0 Å². The van der Waals surface area contributed by atoms with E-state index in [0.29, 0.717) is 0 Å². The monoisotopic (exact) mass is 165 g/mol. The SMILES string of the molecule is [CH2]C(C)(O[N+](=O)[O-])O[N+](=O)[O-]. The molecule has 0 heterocycles. The summed E-state index contributed by atoms with van der Waals surface area (Å²) in [4.78, 5) is 26.7. The van der Waals surface area contributed by atoms with Gasteiger partial charge in [-0.3, -0.25) is 9.68 Å². The first-order valence-electron chi connectivity index (χ1n) is 2.36. The van der Waals surface area contributed by atoms with Gasteiger partial charge in [-0.05, 0) is 6.92 Å². The highest BCUT2D eigenvalue weighted by Gasteiger charge is 2.27. The van der Waals surface area contributed by atoms with Crippen molar-refractivity contribution in [2.24, 2.45) is 0 Å². The molecule has 0 aromatic carbocycles. The number of hydrogen-bond acceptors (Lipinski definition) is 6. The summed E-state index contributed by atoms with van der Waals surface area (Å²) in [6.07, 6.45) is 0. The lowest BCUT2D eigenvalue weighted by Crippen LogP contribution is -2.33. The Morgan fingerprint density at radius 3 is 1.73 bits per heavy atom. The highest BCUT2D eigenvalue weighted by Crippen LogP contribution is 2.09. The molecular formula is C3H5N2O6. The van der Waals surface area contributed by atoms with Gasteiger partial charge in [0.25, 0.3) is 16.0 Å². The van der Waals surface area contributed by atoms with Crippen LogP contribution < -0.4 is 0 Å². The zero-order valence-corrected chi connectivity index (χ0v) is 5.55. The molecular weight excluding hydrogens is 160 g/mol. The first-order chi connectivity index (χ1) is 4.83. The molecule has 1 radical (unpaired) electrons. The fourth-order valence-corrected chi connectivity index (χ4v) is 0.332. The van der Waals surface area contributed by atoms with Crippen LogP contribution >= 0.6 is 0 Å². The summed E-state index contributed by atoms with van der Waals surface area (Å²) in [5.41, 5.74) is 0. The first-order valence-corrected chi connectivity index (χ1v) is 2.36. The lowest BCUT2D eigenvalue weighted by molar-refractivity contribution is -0.865. The number of rotatable bonds is 4. The fraction of sp³-hybridized carbons (Fsp3) is 0.667. The minimum Gasteiger partial charge on any atom is -0.280 e. The molecule has 0 aromatic heterocycles. The van der Waals surface area contributed by atoms with E-state index in [1.807, 2.05) is 0 Å². The molecule has 0 amide bonds. The van der Waals surface area contributed by atoms with Crippen LogP contribution in [0, 0.1) is 27.2 Å². The third-order valence-corrected chi connectivity index (χ3v) is 0.535. The maximum atomic E-state index is 9.64. The molecule has 0 N–H and O–H groups in total. The maximum Gasteiger partial charge on any atom is 0.297 e. The summed E-state index contributed by atoms with van der Waals surface area (Å²) < 4.78 is 0. The van der Waals surface area contributed by atoms with Crippen LogP contribution in [0.4, 0.5) is 0 Å². The van der Waals surface area contributed by atoms with Gasteiger partial charge in [0.2, 0.25) is 0 Å². The van der Waals surface area contributed by atoms with E-state index >= 15 is 0 Å². The zero-order chi connectivity index (χ0) is 9.07. The van der Waals surface area contributed by atoms with E-state index in [0.717, 1.165) is 6.92 Å². The molecule has 0 aliphatic rings. The Hall–Kier alpha value is -1.60. The van der Waals surface area contributed by atoms with Gasteiger partial charge in [-0.2, -0.15) is 0 Å². The molecule has 0 spiro atoms. The van der Waals surface area contributed by atoms with E-state index < -0.39 is 16.0 Å². The lowest BCUT2D eigenvalue weighted by Gasteiger charge is -2.17. The van der Waals surface area contributed by atoms with Gasteiger partial charge in [0, 0.05) is 6.92 Å². The van der Waals surface area contributed by atoms with Crippen molar-refractivity contribution in [3.05, 3.63) is 27.2 Å². The molecule has 0 saturated carbocycles. The summed E-state index contributed by atoms with van der Waals surface area (Å²) in [5.74, 6) is -2.10. The molecule has 8 heteroatoms. The average Bonchev–Trinajstić information content (AvgIpc) is 1.53. The van der Waals surface area contributed by atoms with E-state index in [-0.39, 0.29) is 0 Å². The summed E-state index contributed by atoms with van der Waals surface area (Å²) in [6.45, 7) is 3.87. The Bertz CT molecular complexity index is 159. The fourth-order valence-electron chi connectivity index (χ4n) is 0.332. The van der Waals surface area contributed by atoms with Gasteiger partial charge in [0.05, 0.1) is 0 Å². The third kappa shape index (κ3) is 4.88. The van der Waals surface area contributed by atoms with Gasteiger partial charge in [-0.15, -0.1) is 20.2 Å². The molecule has 0 aromatic rings. The predicted molar refractivity (Wildman–Crippen MR) is 29.9 cm³/mol. The minimum absolute atomic E-state index is 0.943. The molecule has 8 nitrogen and oxygen atoms in total. The second kappa shape index (κ2) is 2.99. The molecule has 63 valence electrons. The molecule has 0 atom stereocenters. The van der Waals surface area contributed by atoms with Crippen molar-refractivity contribution >= 4 is 0 Å². The quantitative estimate of drug-likeness (QED) is 0.328. The van der Waals surface area contributed by atoms with Crippen LogP contribution in [0.2, 0.25) is 0 Å². The second-order valence-corrected chi connectivity index (χ2v) is 1.76. The van der Waals surface area contributed by atoms with Crippen molar-refractivity contribution < 1.29 is 19.8 Å². The first kappa shape index (κ1) is 9.40. The Morgan fingerprint density at radius 2 is 1.55 bits per heavy atom. The van der Waals surface area contributed by atoms with Gasteiger partial charge in [0.1, 0.15) is 0 Å². The van der Waals surface area contributed by atoms with Crippen LogP contribution in [-0.4, -0.2) is 16.0 Å². The summed E-state index contributed by atoms with van der Waals surface area (Å²) >= 11 is 0. The lowest BCUT2D eigenvalue weighted by atomic mass is 10.4. The zero-order valence-electron chi connectivity index (χ0n) is 5.55. The molecule has 0 rings (SSSR count). The Morgan fingerprint density at radius 1 is 1.27 bits per heavy atom. The van der Waals surface area contributed by atoms with Gasteiger partial charge < -0.3 is 0 Å². The van der Waals surface area contributed by atoms with Gasteiger partial charge in [-0.25, -0.2) is 0 Å². The van der Waals surface area contributed by atoms with Crippen LogP contribution in [0.15, 0.2) is 0 Å². The van der Waals surface area contributed by atoms with E-state index in [9.17, 15) is 20.2 Å². The van der Waals surface area contributed by atoms with Crippen molar-refractivity contribution in [3.8, 4) is 0 Å². The molecule has 0 aliphatic heterocycles. The Balaban J connectivity index is 3.99. The van der Waals surface area contributed by atoms with Crippen LogP contribution in [-0.2, 0) is 9.68 Å². The van der Waals surface area contributed by atoms with Crippen molar-refractivity contribution in [1.29, 1.82) is 0 Å². The molecule has 0 aliphatic carbocycles. The van der Waals surface area contributed by atoms with E-state index in [4.69, 9.17) is 0 Å². The minimum atomic E-state index is -2.10. The maximum absolute atomic E-state index is 9.64. The molecule has 0 saturated heterocycles. The van der Waals surface area contributed by atoms with Crippen LogP contribution in [0.1, 0.15) is 6.92 Å². The smallest absolute Gasteiger partial charge is 0.280 e. The summed E-state index contributed by atoms with van der Waals surface area (Å²) in [5, 5.41) is 16.8. The second-order valence-electron chi connectivity index (χ2n) is 1.76. The Kier molecular flexibility index (Phi) is 2.56. The number of hydrogen-bond donors (Lipinski definition) is 0. The van der Waals surface area contributed by atoms with Crippen LogP contribution in [0.3, 0.4) is 0 Å². The van der Waals surface area contributed by atoms with Crippen molar-refractivity contribution in [3.63, 3.8) is 0 Å². The molecule has 0 bridgehead atoms. The summed E-state index contributed by atoms with van der Waals surface area (Å²) in [6, 6.07) is 0.